The zero-order valence-corrected chi connectivity index (χ0v) is 6.79. The lowest BCUT2D eigenvalue weighted by Crippen LogP contribution is -2.09. The van der Waals surface area contributed by atoms with E-state index in [1.165, 1.54) is 17.0 Å². The van der Waals surface area contributed by atoms with Crippen molar-refractivity contribution in [3.63, 3.8) is 0 Å². The minimum absolute atomic E-state index is 0.252. The normalized spacial score (nSPS) is 9.08. The van der Waals surface area contributed by atoms with E-state index >= 15 is 0 Å². The monoisotopic (exact) mass is 164 g/mol. The van der Waals surface area contributed by atoms with Crippen molar-refractivity contribution in [1.82, 2.24) is 4.90 Å². The Labute approximate surface area is 70.8 Å². The highest BCUT2D eigenvalue weighted by molar-refractivity contribution is 5.16. The van der Waals surface area contributed by atoms with Crippen LogP contribution < -0.4 is 0 Å². The lowest BCUT2D eigenvalue weighted by Gasteiger charge is -2.07. The predicted octanol–water partition coefficient (Wildman–Crippen LogP) is 1.74. The number of hydrogen-bond donors (Lipinski definition) is 0. The zero-order valence-electron chi connectivity index (χ0n) is 6.79. The summed E-state index contributed by atoms with van der Waals surface area (Å²) in [5, 5.41) is 8.45. The van der Waals surface area contributed by atoms with Gasteiger partial charge in [0.2, 0.25) is 0 Å². The highest BCUT2D eigenvalue weighted by Gasteiger charge is 1.96. The first kappa shape index (κ1) is 8.54. The van der Waals surface area contributed by atoms with Gasteiger partial charge in [0, 0.05) is 7.05 Å². The predicted molar refractivity (Wildman–Crippen MR) is 43.5 cm³/mol. The van der Waals surface area contributed by atoms with Gasteiger partial charge in [-0.1, -0.05) is 12.1 Å². The number of benzene rings is 1. The third kappa shape index (κ3) is 2.24. The smallest absolute Gasteiger partial charge is 0.179 e. The number of nitriles is 1. The summed E-state index contributed by atoms with van der Waals surface area (Å²) in [6.45, 7) is 0.525. The molecule has 0 fully saturated rings. The molecular weight excluding hydrogens is 155 g/mol. The molecule has 0 aliphatic carbocycles. The average Bonchev–Trinajstić information content (AvgIpc) is 2.09. The number of hydrogen-bond acceptors (Lipinski definition) is 2. The fourth-order valence-electron chi connectivity index (χ4n) is 0.899. The van der Waals surface area contributed by atoms with Crippen molar-refractivity contribution in [2.45, 2.75) is 6.54 Å². The molecule has 1 aromatic carbocycles. The van der Waals surface area contributed by atoms with Crippen LogP contribution >= 0.6 is 0 Å². The quantitative estimate of drug-likeness (QED) is 0.491. The van der Waals surface area contributed by atoms with Crippen LogP contribution in [0.25, 0.3) is 0 Å². The Morgan fingerprint density at radius 1 is 1.42 bits per heavy atom. The third-order valence-corrected chi connectivity index (χ3v) is 1.50. The Bertz CT molecular complexity index is 286. The molecule has 0 amide bonds. The summed E-state index contributed by atoms with van der Waals surface area (Å²) in [5.41, 5.74) is 0.931. The fraction of sp³-hybridized carbons (Fsp3) is 0.222. The van der Waals surface area contributed by atoms with E-state index in [0.29, 0.717) is 6.54 Å². The van der Waals surface area contributed by atoms with E-state index in [1.807, 2.05) is 6.19 Å². The Balaban J connectivity index is 2.66. The van der Waals surface area contributed by atoms with Crippen molar-refractivity contribution in [3.8, 4) is 6.19 Å². The summed E-state index contributed by atoms with van der Waals surface area (Å²) in [5.74, 6) is -0.252. The van der Waals surface area contributed by atoms with Crippen LogP contribution in [-0.4, -0.2) is 11.9 Å². The minimum atomic E-state index is -0.252. The maximum Gasteiger partial charge on any atom is 0.179 e. The largest absolute Gasteiger partial charge is 0.309 e. The van der Waals surface area contributed by atoms with E-state index in [2.05, 4.69) is 0 Å². The number of nitrogens with zero attached hydrogens (tertiary/aromatic N) is 2. The van der Waals surface area contributed by atoms with E-state index in [4.69, 9.17) is 5.26 Å². The van der Waals surface area contributed by atoms with E-state index in [-0.39, 0.29) is 5.82 Å². The van der Waals surface area contributed by atoms with Gasteiger partial charge in [0.05, 0.1) is 6.54 Å². The first-order chi connectivity index (χ1) is 5.72. The number of halogens is 1. The zero-order chi connectivity index (χ0) is 8.97. The van der Waals surface area contributed by atoms with Crippen LogP contribution in [0.3, 0.4) is 0 Å². The third-order valence-electron chi connectivity index (χ3n) is 1.50. The van der Waals surface area contributed by atoms with Gasteiger partial charge in [-0.3, -0.25) is 0 Å². The molecule has 0 heterocycles. The summed E-state index contributed by atoms with van der Waals surface area (Å²) in [7, 11) is 1.68. The highest BCUT2D eigenvalue weighted by atomic mass is 19.1. The van der Waals surface area contributed by atoms with E-state index < -0.39 is 0 Å². The molecule has 0 aromatic heterocycles. The van der Waals surface area contributed by atoms with E-state index in [0.717, 1.165) is 5.56 Å². The van der Waals surface area contributed by atoms with E-state index in [9.17, 15) is 4.39 Å². The maximum absolute atomic E-state index is 12.4. The van der Waals surface area contributed by atoms with Crippen molar-refractivity contribution in [2.24, 2.45) is 0 Å². The molecule has 12 heavy (non-hydrogen) atoms. The fourth-order valence-corrected chi connectivity index (χ4v) is 0.899. The topological polar surface area (TPSA) is 27.0 Å². The highest BCUT2D eigenvalue weighted by Crippen LogP contribution is 2.04. The van der Waals surface area contributed by atoms with Crippen molar-refractivity contribution >= 4 is 0 Å². The van der Waals surface area contributed by atoms with Crippen molar-refractivity contribution < 1.29 is 4.39 Å². The Morgan fingerprint density at radius 3 is 2.50 bits per heavy atom. The molecule has 1 rings (SSSR count). The Hall–Kier alpha value is -1.56. The van der Waals surface area contributed by atoms with Gasteiger partial charge in [-0.25, -0.2) is 4.39 Å². The molecule has 0 atom stereocenters. The van der Waals surface area contributed by atoms with Gasteiger partial charge in [0.25, 0.3) is 0 Å². The van der Waals surface area contributed by atoms with Crippen LogP contribution in [-0.2, 0) is 6.54 Å². The summed E-state index contributed by atoms with van der Waals surface area (Å²) < 4.78 is 12.4. The second-order valence-corrected chi connectivity index (χ2v) is 2.58. The molecule has 0 unspecified atom stereocenters. The van der Waals surface area contributed by atoms with Gasteiger partial charge in [0.15, 0.2) is 6.19 Å². The van der Waals surface area contributed by atoms with Crippen LogP contribution in [0.15, 0.2) is 24.3 Å². The first-order valence-electron chi connectivity index (χ1n) is 3.57. The van der Waals surface area contributed by atoms with Gasteiger partial charge in [-0.15, -0.1) is 0 Å². The van der Waals surface area contributed by atoms with Crippen molar-refractivity contribution in [2.75, 3.05) is 7.05 Å². The standard InChI is InChI=1S/C9H9FN2/c1-12(7-11)6-8-2-4-9(10)5-3-8/h2-5H,6H2,1H3. The molecule has 0 saturated carbocycles. The molecule has 1 aromatic rings. The molecular formula is C9H9FN2. The lowest BCUT2D eigenvalue weighted by atomic mass is 10.2. The molecule has 0 aliphatic rings. The number of rotatable bonds is 2. The second-order valence-electron chi connectivity index (χ2n) is 2.58. The SMILES string of the molecule is CN(C#N)Cc1ccc(F)cc1. The molecule has 0 radical (unpaired) electrons. The van der Waals surface area contributed by atoms with Gasteiger partial charge >= 0.3 is 0 Å². The van der Waals surface area contributed by atoms with Gasteiger partial charge in [0.1, 0.15) is 5.82 Å². The average molecular weight is 164 g/mol. The molecule has 3 heteroatoms. The minimum Gasteiger partial charge on any atom is -0.309 e. The summed E-state index contributed by atoms with van der Waals surface area (Å²) in [4.78, 5) is 1.48. The molecule has 0 N–H and O–H groups in total. The first-order valence-corrected chi connectivity index (χ1v) is 3.57. The second kappa shape index (κ2) is 3.72. The molecule has 0 saturated heterocycles. The summed E-state index contributed by atoms with van der Waals surface area (Å²) >= 11 is 0. The molecule has 0 spiro atoms. The summed E-state index contributed by atoms with van der Waals surface area (Å²) in [6.07, 6.45) is 1.97. The lowest BCUT2D eigenvalue weighted by molar-refractivity contribution is 0.469. The van der Waals surface area contributed by atoms with Crippen LogP contribution in [0.4, 0.5) is 4.39 Å². The molecule has 0 bridgehead atoms. The van der Waals surface area contributed by atoms with Gasteiger partial charge in [-0.2, -0.15) is 5.26 Å². The van der Waals surface area contributed by atoms with Crippen molar-refractivity contribution in [3.05, 3.63) is 35.6 Å². The van der Waals surface area contributed by atoms with Crippen LogP contribution in [0, 0.1) is 17.3 Å². The Morgan fingerprint density at radius 2 is 2.00 bits per heavy atom. The van der Waals surface area contributed by atoms with Crippen LogP contribution in [0.5, 0.6) is 0 Å². The van der Waals surface area contributed by atoms with Crippen LogP contribution in [0.2, 0.25) is 0 Å². The van der Waals surface area contributed by atoms with Gasteiger partial charge < -0.3 is 4.90 Å². The molecule has 0 aliphatic heterocycles. The maximum atomic E-state index is 12.4. The molecule has 62 valence electrons. The van der Waals surface area contributed by atoms with Crippen molar-refractivity contribution in [1.29, 1.82) is 5.26 Å². The molecule has 2 nitrogen and oxygen atoms in total. The Kier molecular flexibility index (Phi) is 2.65. The van der Waals surface area contributed by atoms with E-state index in [1.54, 1.807) is 19.2 Å². The summed E-state index contributed by atoms with van der Waals surface area (Å²) in [6, 6.07) is 6.12. The van der Waals surface area contributed by atoms with Gasteiger partial charge in [-0.05, 0) is 17.7 Å². The van der Waals surface area contributed by atoms with Crippen LogP contribution in [0.1, 0.15) is 5.56 Å².